The molecular formula is C42H66O15. The van der Waals surface area contributed by atoms with E-state index in [1.54, 1.807) is 0 Å². The van der Waals surface area contributed by atoms with Crippen molar-refractivity contribution in [2.24, 2.45) is 50.2 Å². The van der Waals surface area contributed by atoms with Crippen LogP contribution in [0.4, 0.5) is 0 Å². The van der Waals surface area contributed by atoms with E-state index < -0.39 is 108 Å². The maximum atomic E-state index is 13.1. The largest absolute Gasteiger partial charge is 0.481 e. The first-order valence-electron chi connectivity index (χ1n) is 20.9. The fourth-order valence-corrected chi connectivity index (χ4v) is 13.6. The third-order valence-electron chi connectivity index (χ3n) is 17.3. The van der Waals surface area contributed by atoms with Gasteiger partial charge in [0.1, 0.15) is 42.7 Å². The summed E-state index contributed by atoms with van der Waals surface area (Å²) in [6.45, 7) is 14.7. The number of hydrogen-bond donors (Lipinski definition) is 9. The summed E-state index contributed by atoms with van der Waals surface area (Å²) in [5.41, 5.74) is -1.17. The van der Waals surface area contributed by atoms with Gasteiger partial charge in [0.15, 0.2) is 18.7 Å². The summed E-state index contributed by atoms with van der Waals surface area (Å²) in [5, 5.41) is 96.5. The maximum Gasteiger partial charge on any atom is 0.335 e. The molecule has 15 heteroatoms. The van der Waals surface area contributed by atoms with Crippen LogP contribution in [0.1, 0.15) is 106 Å². The van der Waals surface area contributed by atoms with Gasteiger partial charge < -0.3 is 64.9 Å². The van der Waals surface area contributed by atoms with Gasteiger partial charge in [-0.05, 0) is 90.8 Å². The Morgan fingerprint density at radius 3 is 2.05 bits per heavy atom. The van der Waals surface area contributed by atoms with E-state index in [4.69, 9.17) is 18.9 Å². The number of carboxylic acids is 2. The molecule has 2 heterocycles. The zero-order chi connectivity index (χ0) is 42.0. The van der Waals surface area contributed by atoms with Crippen LogP contribution < -0.4 is 0 Å². The van der Waals surface area contributed by atoms with Crippen molar-refractivity contribution in [3.05, 3.63) is 11.6 Å². The molecule has 0 radical (unpaired) electrons. The van der Waals surface area contributed by atoms with Crippen molar-refractivity contribution in [1.82, 2.24) is 0 Å². The Hall–Kier alpha value is -1.76. The Bertz CT molecular complexity index is 1600. The van der Waals surface area contributed by atoms with E-state index in [2.05, 4.69) is 40.7 Å². The van der Waals surface area contributed by atoms with Crippen LogP contribution in [0.15, 0.2) is 11.6 Å². The molecule has 0 aromatic heterocycles. The van der Waals surface area contributed by atoms with Crippen LogP contribution >= 0.6 is 0 Å². The topological polar surface area (TPSA) is 253 Å². The summed E-state index contributed by atoms with van der Waals surface area (Å²) in [5.74, 6) is -2.34. The zero-order valence-electron chi connectivity index (χ0n) is 34.3. The summed E-state index contributed by atoms with van der Waals surface area (Å²) in [7, 11) is 0. The van der Waals surface area contributed by atoms with Crippen molar-refractivity contribution in [3.63, 3.8) is 0 Å². The minimum atomic E-state index is -1.99. The van der Waals surface area contributed by atoms with Gasteiger partial charge in [-0.3, -0.25) is 4.79 Å². The second-order valence-corrected chi connectivity index (χ2v) is 20.8. The molecule has 19 atom stereocenters. The summed E-state index contributed by atoms with van der Waals surface area (Å²) in [6.07, 6.45) is -10.9. The van der Waals surface area contributed by atoms with Crippen LogP contribution in [-0.2, 0) is 28.5 Å². The van der Waals surface area contributed by atoms with Gasteiger partial charge >= 0.3 is 11.9 Å². The molecule has 0 spiro atoms. The smallest absolute Gasteiger partial charge is 0.335 e. The van der Waals surface area contributed by atoms with E-state index in [1.165, 1.54) is 5.57 Å². The number of ether oxygens (including phenoxy) is 4. The Balaban J connectivity index is 1.15. The molecule has 324 valence electrons. The summed E-state index contributed by atoms with van der Waals surface area (Å²) < 4.78 is 23.3. The predicted octanol–water partition coefficient (Wildman–Crippen LogP) is 1.95. The van der Waals surface area contributed by atoms with E-state index in [-0.39, 0.29) is 40.4 Å². The fraction of sp³-hybridized carbons (Fsp3) is 0.905. The molecule has 0 bridgehead atoms. The molecule has 6 fully saturated rings. The van der Waals surface area contributed by atoms with Gasteiger partial charge in [0.25, 0.3) is 0 Å². The lowest BCUT2D eigenvalue weighted by Gasteiger charge is -2.72. The molecule has 0 aromatic rings. The molecule has 0 unspecified atom stereocenters. The molecule has 4 saturated carbocycles. The molecule has 7 rings (SSSR count). The Morgan fingerprint density at radius 1 is 0.772 bits per heavy atom. The highest BCUT2D eigenvalue weighted by molar-refractivity contribution is 5.76. The second-order valence-electron chi connectivity index (χ2n) is 20.8. The third kappa shape index (κ3) is 6.30. The molecule has 0 amide bonds. The quantitative estimate of drug-likeness (QED) is 0.132. The lowest BCUT2D eigenvalue weighted by atomic mass is 9.33. The summed E-state index contributed by atoms with van der Waals surface area (Å²) in [6, 6.07) is 0. The number of rotatable bonds is 7. The van der Waals surface area contributed by atoms with E-state index in [0.717, 1.165) is 32.1 Å². The van der Waals surface area contributed by atoms with Crippen molar-refractivity contribution in [1.29, 1.82) is 0 Å². The minimum absolute atomic E-state index is 0.0347. The third-order valence-corrected chi connectivity index (χ3v) is 17.3. The van der Waals surface area contributed by atoms with Crippen molar-refractivity contribution in [3.8, 4) is 0 Å². The monoisotopic (exact) mass is 810 g/mol. The number of carbonyl (C=O) groups is 2. The van der Waals surface area contributed by atoms with Gasteiger partial charge in [-0.15, -0.1) is 0 Å². The molecule has 0 aromatic carbocycles. The number of aliphatic hydroxyl groups excluding tert-OH is 7. The first-order valence-corrected chi connectivity index (χ1v) is 20.9. The standard InChI is InChI=1S/C42H66O15/c1-37(2)12-14-42(36(52)53)15-13-39(5)19(20(42)17-37)8-9-23-40(39,6)11-10-22-38(3,4)25(16-24(44)41(22,23)7)55-35-30(49)31(29(48)32(57-35)33(50)51)56-34-28(47)27(46)26(45)21(18-43)54-34/h8,20-32,34-35,43-49H,9-18H2,1-7H3,(H,50,51)(H,52,53)/t20-,21+,22-,23-,24+,25-,26-,27-,28+,29-,30+,31-,32-,34-,35+,39+,40+,41-,42-/m0/s1. The van der Waals surface area contributed by atoms with Crippen molar-refractivity contribution >= 4 is 11.9 Å². The minimum Gasteiger partial charge on any atom is -0.481 e. The first kappa shape index (κ1) is 43.3. The molecule has 57 heavy (non-hydrogen) atoms. The average Bonchev–Trinajstić information content (AvgIpc) is 3.13. The first-order chi connectivity index (χ1) is 26.4. The van der Waals surface area contributed by atoms with Crippen LogP contribution in [0.25, 0.3) is 0 Å². The molecule has 5 aliphatic carbocycles. The zero-order valence-corrected chi connectivity index (χ0v) is 34.3. The van der Waals surface area contributed by atoms with Gasteiger partial charge in [-0.2, -0.15) is 0 Å². The van der Waals surface area contributed by atoms with E-state index in [9.17, 15) is 55.5 Å². The highest BCUT2D eigenvalue weighted by atomic mass is 16.7. The second kappa shape index (κ2) is 14.4. The van der Waals surface area contributed by atoms with Crippen molar-refractivity contribution < 1.29 is 74.5 Å². The van der Waals surface area contributed by atoms with Gasteiger partial charge in [0.2, 0.25) is 0 Å². The molecular weight excluding hydrogens is 744 g/mol. The molecule has 9 N–H and O–H groups in total. The average molecular weight is 811 g/mol. The number of allylic oxidation sites excluding steroid dienone is 2. The van der Waals surface area contributed by atoms with Crippen LogP contribution in [0, 0.1) is 50.2 Å². The molecule has 2 aliphatic heterocycles. The van der Waals surface area contributed by atoms with Gasteiger partial charge in [-0.1, -0.05) is 60.1 Å². The van der Waals surface area contributed by atoms with Crippen molar-refractivity contribution in [2.75, 3.05) is 6.61 Å². The number of aliphatic carboxylic acids is 2. The maximum absolute atomic E-state index is 13.1. The van der Waals surface area contributed by atoms with E-state index in [1.807, 2.05) is 13.8 Å². The predicted molar refractivity (Wildman–Crippen MR) is 200 cm³/mol. The fourth-order valence-electron chi connectivity index (χ4n) is 13.6. The Labute approximate surface area is 334 Å². The lowest BCUT2D eigenvalue weighted by molar-refractivity contribution is -0.367. The number of aliphatic hydroxyl groups is 7. The molecule has 7 aliphatic rings. The van der Waals surface area contributed by atoms with Crippen LogP contribution in [0.5, 0.6) is 0 Å². The van der Waals surface area contributed by atoms with Gasteiger partial charge in [-0.25, -0.2) is 4.79 Å². The summed E-state index contributed by atoms with van der Waals surface area (Å²) in [4.78, 5) is 25.4. The SMILES string of the molecule is CC1(C)CC[C@]2(C(=O)O)CC[C@]3(C)C(=CC[C@@H]4[C@@]5(C)[C@H](O)C[C@H](O[C@@H]6O[C@H](C(=O)O)[C@@H](O)[C@H](O[C@@H]7O[C@H](CO)[C@H](O)[C@H](O)[C@H]7O)[C@H]6O)C(C)(C)[C@@H]5CC[C@]43C)[C@@H]2C1. The Morgan fingerprint density at radius 2 is 1.42 bits per heavy atom. The van der Waals surface area contributed by atoms with E-state index >= 15 is 0 Å². The number of hydrogen-bond acceptors (Lipinski definition) is 13. The van der Waals surface area contributed by atoms with Crippen LogP contribution in [0.2, 0.25) is 0 Å². The highest BCUT2D eigenvalue weighted by Crippen LogP contribution is 2.76. The highest BCUT2D eigenvalue weighted by Gasteiger charge is 2.71. The van der Waals surface area contributed by atoms with Crippen molar-refractivity contribution in [2.45, 2.75) is 180 Å². The Kier molecular flexibility index (Phi) is 11.0. The number of carboxylic acid groups (broad SMARTS) is 2. The summed E-state index contributed by atoms with van der Waals surface area (Å²) >= 11 is 0. The van der Waals surface area contributed by atoms with Crippen LogP contribution in [0.3, 0.4) is 0 Å². The molecule has 2 saturated heterocycles. The molecule has 15 nitrogen and oxygen atoms in total. The normalized spacial score (nSPS) is 52.9. The van der Waals surface area contributed by atoms with Crippen LogP contribution in [-0.4, -0.2) is 138 Å². The van der Waals surface area contributed by atoms with E-state index in [0.29, 0.717) is 19.3 Å². The number of fused-ring (bicyclic) bond motifs is 7. The van der Waals surface area contributed by atoms with Gasteiger partial charge in [0, 0.05) is 11.8 Å². The lowest BCUT2D eigenvalue weighted by Crippen LogP contribution is -2.69. The van der Waals surface area contributed by atoms with Gasteiger partial charge in [0.05, 0.1) is 24.2 Å².